The first-order valence-corrected chi connectivity index (χ1v) is 9.92. The minimum absolute atomic E-state index is 0.250. The molecule has 1 heterocycles. The van der Waals surface area contributed by atoms with Gasteiger partial charge in [0.25, 0.3) is 0 Å². The van der Waals surface area contributed by atoms with E-state index in [1.54, 1.807) is 30.3 Å². The molecule has 1 atom stereocenters. The Hall–Kier alpha value is -2.57. The molecule has 7 heteroatoms. The average molecular weight is 435 g/mol. The Morgan fingerprint density at radius 1 is 0.800 bits per heavy atom. The lowest BCUT2D eigenvalue weighted by Crippen LogP contribution is -2.48. The molecule has 0 radical (unpaired) electrons. The van der Waals surface area contributed by atoms with Crippen molar-refractivity contribution in [2.45, 2.75) is 12.6 Å². The molecule has 30 heavy (non-hydrogen) atoms. The zero-order valence-corrected chi connectivity index (χ0v) is 16.7. The fraction of sp³-hybridized carbons (Fsp3) is 0.217. The minimum Gasteiger partial charge on any atom is -0.360 e. The fourth-order valence-electron chi connectivity index (χ4n) is 3.85. The maximum atomic E-state index is 14.6. The van der Waals surface area contributed by atoms with Crippen LogP contribution >= 0.6 is 11.6 Å². The van der Waals surface area contributed by atoms with Gasteiger partial charge < -0.3 is 4.90 Å². The molecule has 1 fully saturated rings. The highest BCUT2D eigenvalue weighted by Crippen LogP contribution is 2.34. The zero-order chi connectivity index (χ0) is 21.3. The van der Waals surface area contributed by atoms with E-state index in [9.17, 15) is 17.6 Å². The van der Waals surface area contributed by atoms with Crippen molar-refractivity contribution in [2.24, 2.45) is 0 Å². The van der Waals surface area contributed by atoms with Crippen LogP contribution in [-0.2, 0) is 6.54 Å². The third-order valence-electron chi connectivity index (χ3n) is 5.33. The molecule has 156 valence electrons. The van der Waals surface area contributed by atoms with Crippen molar-refractivity contribution in [1.82, 2.24) is 4.90 Å². The van der Waals surface area contributed by atoms with E-state index in [2.05, 4.69) is 4.90 Å². The molecule has 1 aliphatic rings. The van der Waals surface area contributed by atoms with Gasteiger partial charge in [0.15, 0.2) is 11.6 Å². The second-order valence-corrected chi connectivity index (χ2v) is 7.78. The number of hydrogen-bond acceptors (Lipinski definition) is 2. The first-order chi connectivity index (χ1) is 14.4. The van der Waals surface area contributed by atoms with Crippen LogP contribution in [0.4, 0.5) is 23.2 Å². The summed E-state index contributed by atoms with van der Waals surface area (Å²) >= 11 is 5.90. The molecule has 4 rings (SSSR count). The van der Waals surface area contributed by atoms with Crippen LogP contribution in [0.3, 0.4) is 0 Å². The van der Waals surface area contributed by atoms with Gasteiger partial charge in [0.2, 0.25) is 0 Å². The SMILES string of the molecule is Fc1ccc(C2CN(Cc3ccc(F)c(F)c3)CCN2c2ccc(Cl)cc2F)cc1. The molecule has 0 aliphatic carbocycles. The highest BCUT2D eigenvalue weighted by atomic mass is 35.5. The largest absolute Gasteiger partial charge is 0.360 e. The lowest BCUT2D eigenvalue weighted by molar-refractivity contribution is 0.214. The third kappa shape index (κ3) is 4.45. The first kappa shape index (κ1) is 20.7. The van der Waals surface area contributed by atoms with Gasteiger partial charge >= 0.3 is 0 Å². The molecule has 0 amide bonds. The van der Waals surface area contributed by atoms with Gasteiger partial charge in [-0.25, -0.2) is 17.6 Å². The van der Waals surface area contributed by atoms with Crippen LogP contribution in [-0.4, -0.2) is 24.5 Å². The van der Waals surface area contributed by atoms with Crippen LogP contribution < -0.4 is 4.90 Å². The molecule has 3 aromatic carbocycles. The van der Waals surface area contributed by atoms with E-state index < -0.39 is 17.5 Å². The van der Waals surface area contributed by atoms with Gasteiger partial charge in [-0.05, 0) is 53.6 Å². The molecule has 0 N–H and O–H groups in total. The molecule has 1 saturated heterocycles. The summed E-state index contributed by atoms with van der Waals surface area (Å²) < 4.78 is 54.9. The van der Waals surface area contributed by atoms with Crippen molar-refractivity contribution in [3.8, 4) is 0 Å². The Balaban J connectivity index is 1.62. The van der Waals surface area contributed by atoms with E-state index in [0.29, 0.717) is 42.5 Å². The molecular weight excluding hydrogens is 416 g/mol. The summed E-state index contributed by atoms with van der Waals surface area (Å²) in [7, 11) is 0. The highest BCUT2D eigenvalue weighted by Gasteiger charge is 2.30. The molecule has 0 spiro atoms. The first-order valence-electron chi connectivity index (χ1n) is 9.54. The van der Waals surface area contributed by atoms with Gasteiger partial charge in [0.05, 0.1) is 11.7 Å². The lowest BCUT2D eigenvalue weighted by Gasteiger charge is -2.43. The number of anilines is 1. The van der Waals surface area contributed by atoms with E-state index >= 15 is 0 Å². The van der Waals surface area contributed by atoms with Gasteiger partial charge in [0.1, 0.15) is 11.6 Å². The lowest BCUT2D eigenvalue weighted by atomic mass is 10.0. The van der Waals surface area contributed by atoms with E-state index in [1.807, 2.05) is 4.90 Å². The van der Waals surface area contributed by atoms with E-state index in [1.165, 1.54) is 24.3 Å². The van der Waals surface area contributed by atoms with Crippen molar-refractivity contribution >= 4 is 17.3 Å². The molecule has 1 unspecified atom stereocenters. The van der Waals surface area contributed by atoms with Gasteiger partial charge in [-0.3, -0.25) is 4.90 Å². The van der Waals surface area contributed by atoms with Crippen LogP contribution in [0.15, 0.2) is 60.7 Å². The summed E-state index contributed by atoms with van der Waals surface area (Å²) in [6, 6.07) is 14.3. The second kappa shape index (κ2) is 8.66. The molecule has 1 aliphatic heterocycles. The van der Waals surface area contributed by atoms with Crippen molar-refractivity contribution in [3.63, 3.8) is 0 Å². The number of halogens is 5. The summed E-state index contributed by atoms with van der Waals surface area (Å²) in [5.41, 5.74) is 1.90. The van der Waals surface area contributed by atoms with Gasteiger partial charge in [-0.15, -0.1) is 0 Å². The smallest absolute Gasteiger partial charge is 0.159 e. The van der Waals surface area contributed by atoms with Crippen molar-refractivity contribution in [3.05, 3.63) is 100 Å². The summed E-state index contributed by atoms with van der Waals surface area (Å²) in [5.74, 6) is -2.54. The van der Waals surface area contributed by atoms with Crippen LogP contribution in [0.5, 0.6) is 0 Å². The molecule has 2 nitrogen and oxygen atoms in total. The number of rotatable bonds is 4. The monoisotopic (exact) mass is 434 g/mol. The van der Waals surface area contributed by atoms with Crippen molar-refractivity contribution in [2.75, 3.05) is 24.5 Å². The Morgan fingerprint density at radius 3 is 2.27 bits per heavy atom. The number of hydrogen-bond donors (Lipinski definition) is 0. The maximum absolute atomic E-state index is 14.6. The zero-order valence-electron chi connectivity index (χ0n) is 16.0. The van der Waals surface area contributed by atoms with Gasteiger partial charge in [0, 0.05) is 31.2 Å². The topological polar surface area (TPSA) is 6.48 Å². The Labute approximate surface area is 177 Å². The summed E-state index contributed by atoms with van der Waals surface area (Å²) in [6.45, 7) is 2.03. The van der Waals surface area contributed by atoms with E-state index in [4.69, 9.17) is 11.6 Å². The molecule has 0 bridgehead atoms. The second-order valence-electron chi connectivity index (χ2n) is 7.34. The van der Waals surface area contributed by atoms with E-state index in [0.717, 1.165) is 11.6 Å². The Kier molecular flexibility index (Phi) is 5.97. The van der Waals surface area contributed by atoms with Gasteiger partial charge in [-0.1, -0.05) is 29.8 Å². The number of benzene rings is 3. The predicted molar refractivity (Wildman–Crippen MR) is 110 cm³/mol. The van der Waals surface area contributed by atoms with Crippen LogP contribution in [0.25, 0.3) is 0 Å². The van der Waals surface area contributed by atoms with E-state index in [-0.39, 0.29) is 11.9 Å². The van der Waals surface area contributed by atoms with Crippen molar-refractivity contribution < 1.29 is 17.6 Å². The Morgan fingerprint density at radius 2 is 1.57 bits per heavy atom. The summed E-state index contributed by atoms with van der Waals surface area (Å²) in [5, 5.41) is 0.312. The molecule has 0 aromatic heterocycles. The predicted octanol–water partition coefficient (Wildman–Crippen LogP) is 5.96. The minimum atomic E-state index is -0.885. The maximum Gasteiger partial charge on any atom is 0.159 e. The number of piperazine rings is 1. The van der Waals surface area contributed by atoms with Crippen LogP contribution in [0.2, 0.25) is 5.02 Å². The molecule has 0 saturated carbocycles. The standard InChI is InChI=1S/C23H19ClF4N2/c24-17-4-8-22(21(28)12-17)30-10-9-29(13-15-1-7-19(26)20(27)11-15)14-23(30)16-2-5-18(25)6-3-16/h1-8,11-12,23H,9-10,13-14H2. The number of nitrogens with zero attached hydrogens (tertiary/aromatic N) is 2. The highest BCUT2D eigenvalue weighted by molar-refractivity contribution is 6.30. The van der Waals surface area contributed by atoms with Crippen LogP contribution in [0, 0.1) is 23.3 Å². The molecular formula is C23H19ClF4N2. The van der Waals surface area contributed by atoms with Gasteiger partial charge in [-0.2, -0.15) is 0 Å². The Bertz CT molecular complexity index is 1040. The fourth-order valence-corrected chi connectivity index (χ4v) is 4.01. The third-order valence-corrected chi connectivity index (χ3v) is 5.56. The van der Waals surface area contributed by atoms with Crippen molar-refractivity contribution in [1.29, 1.82) is 0 Å². The average Bonchev–Trinajstić information content (AvgIpc) is 2.72. The quantitative estimate of drug-likeness (QED) is 0.467. The summed E-state index contributed by atoms with van der Waals surface area (Å²) in [6.07, 6.45) is 0. The summed E-state index contributed by atoms with van der Waals surface area (Å²) in [4.78, 5) is 4.02. The normalized spacial score (nSPS) is 17.4. The van der Waals surface area contributed by atoms with Crippen LogP contribution in [0.1, 0.15) is 17.2 Å². The molecule has 3 aromatic rings.